The first kappa shape index (κ1) is 15.0. The van der Waals surface area contributed by atoms with Crippen LogP contribution in [0.2, 0.25) is 0 Å². The van der Waals surface area contributed by atoms with Crippen molar-refractivity contribution in [2.24, 2.45) is 0 Å². The molecule has 4 rings (SSSR count). The summed E-state index contributed by atoms with van der Waals surface area (Å²) in [7, 11) is 0. The highest BCUT2D eigenvalue weighted by Gasteiger charge is 2.13. The number of fused-ring (bicyclic) bond motifs is 1. The average Bonchev–Trinajstić information content (AvgIpc) is 2.64. The van der Waals surface area contributed by atoms with Crippen LogP contribution in [0.3, 0.4) is 0 Å². The second kappa shape index (κ2) is 6.13. The number of nitrogens with zero attached hydrogens (tertiary/aromatic N) is 3. The minimum Gasteiger partial charge on any atom is -0.378 e. The first-order valence-corrected chi connectivity index (χ1v) is 7.76. The molecule has 0 saturated carbocycles. The number of morpholine rings is 1. The van der Waals surface area contributed by atoms with E-state index >= 15 is 0 Å². The number of ether oxygens (including phenoxy) is 1. The molecule has 1 aliphatic rings. The predicted molar refractivity (Wildman–Crippen MR) is 87.9 cm³/mol. The maximum Gasteiger partial charge on any atom is 0.159 e. The van der Waals surface area contributed by atoms with Crippen molar-refractivity contribution in [1.82, 2.24) is 9.97 Å². The molecule has 0 spiro atoms. The van der Waals surface area contributed by atoms with Crippen LogP contribution >= 0.6 is 0 Å². The van der Waals surface area contributed by atoms with Crippen LogP contribution in [-0.4, -0.2) is 36.3 Å². The van der Waals surface area contributed by atoms with E-state index in [1.54, 1.807) is 12.3 Å². The van der Waals surface area contributed by atoms with E-state index in [4.69, 9.17) is 4.74 Å². The maximum atomic E-state index is 13.5. The van der Waals surface area contributed by atoms with Crippen LogP contribution in [-0.2, 0) is 4.74 Å². The van der Waals surface area contributed by atoms with E-state index in [2.05, 4.69) is 14.9 Å². The molecule has 1 aliphatic heterocycles. The number of aromatic nitrogens is 2. The fourth-order valence-electron chi connectivity index (χ4n) is 2.80. The molecule has 0 unspecified atom stereocenters. The van der Waals surface area contributed by atoms with Crippen molar-refractivity contribution in [3.63, 3.8) is 0 Å². The smallest absolute Gasteiger partial charge is 0.159 e. The summed E-state index contributed by atoms with van der Waals surface area (Å²) in [5.74, 6) is -0.914. The zero-order valence-corrected chi connectivity index (χ0v) is 12.9. The summed E-state index contributed by atoms with van der Waals surface area (Å²) in [4.78, 5) is 11.2. The molecule has 2 aromatic carbocycles. The highest BCUT2D eigenvalue weighted by molar-refractivity contribution is 5.82. The van der Waals surface area contributed by atoms with Crippen LogP contribution in [0, 0.1) is 11.6 Å². The SMILES string of the molecule is Fc1ccc(-c2ccc3ncc(N4CCOCC4)nc3c2)cc1F. The van der Waals surface area contributed by atoms with Crippen LogP contribution in [0.5, 0.6) is 0 Å². The normalized spacial score (nSPS) is 15.0. The van der Waals surface area contributed by atoms with E-state index in [1.165, 1.54) is 6.07 Å². The van der Waals surface area contributed by atoms with Gasteiger partial charge in [-0.25, -0.2) is 13.8 Å². The fourth-order valence-corrected chi connectivity index (χ4v) is 2.80. The van der Waals surface area contributed by atoms with E-state index in [-0.39, 0.29) is 0 Å². The third kappa shape index (κ3) is 2.80. The Morgan fingerprint density at radius 3 is 2.42 bits per heavy atom. The van der Waals surface area contributed by atoms with E-state index in [0.717, 1.165) is 41.6 Å². The summed E-state index contributed by atoms with van der Waals surface area (Å²) >= 11 is 0. The van der Waals surface area contributed by atoms with Gasteiger partial charge in [-0.3, -0.25) is 4.98 Å². The number of hydrogen-bond acceptors (Lipinski definition) is 4. The van der Waals surface area contributed by atoms with Crippen LogP contribution < -0.4 is 4.90 Å². The number of benzene rings is 2. The average molecular weight is 327 g/mol. The van der Waals surface area contributed by atoms with Gasteiger partial charge in [0, 0.05) is 13.1 Å². The van der Waals surface area contributed by atoms with Crippen molar-refractivity contribution in [3.05, 3.63) is 54.2 Å². The van der Waals surface area contributed by atoms with Crippen LogP contribution in [0.25, 0.3) is 22.2 Å². The maximum absolute atomic E-state index is 13.5. The molecule has 0 aliphatic carbocycles. The van der Waals surface area contributed by atoms with Crippen molar-refractivity contribution in [1.29, 1.82) is 0 Å². The Labute approximate surface area is 137 Å². The summed E-state index contributed by atoms with van der Waals surface area (Å²) in [6.07, 6.45) is 1.75. The number of halogens is 2. The molecule has 0 atom stereocenters. The molecule has 0 bridgehead atoms. The molecule has 3 aromatic rings. The van der Waals surface area contributed by atoms with Crippen LogP contribution in [0.4, 0.5) is 14.6 Å². The summed E-state index contributed by atoms with van der Waals surface area (Å²) in [6, 6.07) is 9.39. The Bertz CT molecular complexity index is 895. The van der Waals surface area contributed by atoms with Gasteiger partial charge in [-0.2, -0.15) is 0 Å². The first-order chi connectivity index (χ1) is 11.7. The lowest BCUT2D eigenvalue weighted by Crippen LogP contribution is -2.36. The molecule has 2 heterocycles. The summed E-state index contributed by atoms with van der Waals surface area (Å²) < 4.78 is 31.9. The van der Waals surface area contributed by atoms with E-state index in [9.17, 15) is 8.78 Å². The fraction of sp³-hybridized carbons (Fsp3) is 0.222. The Morgan fingerprint density at radius 2 is 1.62 bits per heavy atom. The highest BCUT2D eigenvalue weighted by Crippen LogP contribution is 2.25. The van der Waals surface area contributed by atoms with Crippen LogP contribution in [0.15, 0.2) is 42.6 Å². The van der Waals surface area contributed by atoms with Gasteiger partial charge in [0.25, 0.3) is 0 Å². The Morgan fingerprint density at radius 1 is 0.875 bits per heavy atom. The predicted octanol–water partition coefficient (Wildman–Crippen LogP) is 3.41. The van der Waals surface area contributed by atoms with Gasteiger partial charge in [-0.05, 0) is 35.4 Å². The molecule has 0 radical (unpaired) electrons. The Hall–Kier alpha value is -2.60. The van der Waals surface area contributed by atoms with Gasteiger partial charge in [-0.15, -0.1) is 0 Å². The van der Waals surface area contributed by atoms with Gasteiger partial charge in [0.2, 0.25) is 0 Å². The number of hydrogen-bond donors (Lipinski definition) is 0. The quantitative estimate of drug-likeness (QED) is 0.723. The zero-order chi connectivity index (χ0) is 16.5. The van der Waals surface area contributed by atoms with E-state index in [1.807, 2.05) is 18.2 Å². The highest BCUT2D eigenvalue weighted by atomic mass is 19.2. The second-order valence-electron chi connectivity index (χ2n) is 5.66. The van der Waals surface area contributed by atoms with Gasteiger partial charge >= 0.3 is 0 Å². The second-order valence-corrected chi connectivity index (χ2v) is 5.66. The van der Waals surface area contributed by atoms with Crippen molar-refractivity contribution in [2.75, 3.05) is 31.2 Å². The minimum atomic E-state index is -0.860. The van der Waals surface area contributed by atoms with Crippen molar-refractivity contribution in [2.45, 2.75) is 0 Å². The molecule has 6 heteroatoms. The Kier molecular flexibility index (Phi) is 3.82. The number of anilines is 1. The van der Waals surface area contributed by atoms with Gasteiger partial charge in [0.05, 0.1) is 30.4 Å². The third-order valence-electron chi connectivity index (χ3n) is 4.12. The molecule has 1 saturated heterocycles. The third-order valence-corrected chi connectivity index (χ3v) is 4.12. The number of rotatable bonds is 2. The van der Waals surface area contributed by atoms with Crippen LogP contribution in [0.1, 0.15) is 0 Å². The lowest BCUT2D eigenvalue weighted by atomic mass is 10.0. The first-order valence-electron chi connectivity index (χ1n) is 7.76. The monoisotopic (exact) mass is 327 g/mol. The Balaban J connectivity index is 1.74. The van der Waals surface area contributed by atoms with E-state index in [0.29, 0.717) is 18.8 Å². The molecular formula is C18H15F2N3O. The van der Waals surface area contributed by atoms with Gasteiger partial charge in [0.15, 0.2) is 11.6 Å². The summed E-state index contributed by atoms with van der Waals surface area (Å²) in [5, 5.41) is 0. The largest absolute Gasteiger partial charge is 0.378 e. The molecule has 4 nitrogen and oxygen atoms in total. The minimum absolute atomic E-state index is 0.606. The molecule has 122 valence electrons. The molecule has 0 amide bonds. The topological polar surface area (TPSA) is 38.2 Å². The van der Waals surface area contributed by atoms with Gasteiger partial charge in [-0.1, -0.05) is 12.1 Å². The van der Waals surface area contributed by atoms with Crippen molar-refractivity contribution >= 4 is 16.9 Å². The molecule has 24 heavy (non-hydrogen) atoms. The molecular weight excluding hydrogens is 312 g/mol. The van der Waals surface area contributed by atoms with Crippen molar-refractivity contribution in [3.8, 4) is 11.1 Å². The van der Waals surface area contributed by atoms with Crippen molar-refractivity contribution < 1.29 is 13.5 Å². The lowest BCUT2D eigenvalue weighted by Gasteiger charge is -2.27. The van der Waals surface area contributed by atoms with Gasteiger partial charge < -0.3 is 9.64 Å². The zero-order valence-electron chi connectivity index (χ0n) is 12.9. The van der Waals surface area contributed by atoms with Gasteiger partial charge in [0.1, 0.15) is 5.82 Å². The summed E-state index contributed by atoms with van der Waals surface area (Å²) in [6.45, 7) is 2.91. The van der Waals surface area contributed by atoms with E-state index < -0.39 is 11.6 Å². The lowest BCUT2D eigenvalue weighted by molar-refractivity contribution is 0.122. The molecule has 1 fully saturated rings. The summed E-state index contributed by atoms with van der Waals surface area (Å²) in [5.41, 5.74) is 2.86. The molecule has 0 N–H and O–H groups in total. The molecule has 1 aromatic heterocycles. The standard InChI is InChI=1S/C18H15F2N3O/c19-14-3-1-12(9-15(14)20)13-2-4-16-17(10-13)22-18(11-21-16)23-5-7-24-8-6-23/h1-4,9-11H,5-8H2.